The number of hydrogen-bond donors (Lipinski definition) is 2. The number of nitrogens with zero attached hydrogens (tertiary/aromatic N) is 4. The van der Waals surface area contributed by atoms with Crippen molar-refractivity contribution in [1.29, 1.82) is 0 Å². The molecular formula is C28H25ClN6O3S3. The number of aryl methyl sites for hydroxylation is 1. The monoisotopic (exact) mass is 624 g/mol. The van der Waals surface area contributed by atoms with Crippen molar-refractivity contribution in [3.63, 3.8) is 0 Å². The van der Waals surface area contributed by atoms with E-state index in [1.54, 1.807) is 18.2 Å². The van der Waals surface area contributed by atoms with Gasteiger partial charge in [-0.3, -0.25) is 9.59 Å². The molecule has 0 aliphatic rings. The number of fused-ring (bicyclic) bond motifs is 1. The van der Waals surface area contributed by atoms with Crippen LogP contribution in [0.4, 0.5) is 11.4 Å². The first-order valence-corrected chi connectivity index (χ1v) is 15.6. The lowest BCUT2D eigenvalue weighted by Crippen LogP contribution is -2.14. The summed E-state index contributed by atoms with van der Waals surface area (Å²) in [7, 11) is 1.85. The fourth-order valence-electron chi connectivity index (χ4n) is 3.70. The van der Waals surface area contributed by atoms with E-state index in [0.29, 0.717) is 27.4 Å². The molecule has 0 spiro atoms. The Labute approximate surface area is 254 Å². The molecule has 0 aliphatic heterocycles. The van der Waals surface area contributed by atoms with Crippen LogP contribution in [0.5, 0.6) is 5.75 Å². The van der Waals surface area contributed by atoms with Gasteiger partial charge in [0.05, 0.1) is 32.4 Å². The van der Waals surface area contributed by atoms with Crippen LogP contribution < -0.4 is 15.4 Å². The molecule has 0 atom stereocenters. The van der Waals surface area contributed by atoms with Crippen molar-refractivity contribution >= 4 is 79.9 Å². The summed E-state index contributed by atoms with van der Waals surface area (Å²) in [6.07, 6.45) is 0. The summed E-state index contributed by atoms with van der Waals surface area (Å²) in [5.41, 5.74) is 3.10. The highest BCUT2D eigenvalue weighted by Crippen LogP contribution is 2.32. The molecule has 2 heterocycles. The van der Waals surface area contributed by atoms with Gasteiger partial charge in [0.1, 0.15) is 12.4 Å². The number of nitrogens with one attached hydrogen (secondary N) is 2. The van der Waals surface area contributed by atoms with Crippen LogP contribution in [0.3, 0.4) is 0 Å². The Bertz CT molecular complexity index is 1710. The number of rotatable bonds is 11. The first kappa shape index (κ1) is 28.9. The molecule has 5 aromatic rings. The van der Waals surface area contributed by atoms with E-state index in [4.69, 9.17) is 16.3 Å². The SMILES string of the molecule is Cc1ccccc1OCc1nnc(SCC(=O)Nc2ccc3nc(SCC(=O)Nc4ccccc4Cl)sc3c2)n1C. The normalized spacial score (nSPS) is 11.0. The Kier molecular flexibility index (Phi) is 9.45. The van der Waals surface area contributed by atoms with E-state index in [0.717, 1.165) is 25.9 Å². The maximum atomic E-state index is 12.7. The quantitative estimate of drug-likeness (QED) is 0.162. The first-order valence-electron chi connectivity index (χ1n) is 12.4. The second-order valence-corrected chi connectivity index (χ2v) is 12.4. The highest BCUT2D eigenvalue weighted by Gasteiger charge is 2.14. The average molecular weight is 625 g/mol. The molecule has 0 radical (unpaired) electrons. The standard InChI is InChI=1S/C28H25ClN6O3S3/c1-17-7-3-6-10-22(17)38-14-24-33-34-27(35(24)2)39-15-25(36)30-18-11-12-21-23(13-18)41-28(32-21)40-16-26(37)31-20-9-5-4-8-19(20)29/h3-13H,14-16H2,1-2H3,(H,30,36)(H,31,37). The van der Waals surface area contributed by atoms with E-state index in [1.165, 1.54) is 34.9 Å². The summed E-state index contributed by atoms with van der Waals surface area (Å²) in [6.45, 7) is 2.27. The van der Waals surface area contributed by atoms with E-state index in [2.05, 4.69) is 25.8 Å². The number of thiazole rings is 1. The van der Waals surface area contributed by atoms with E-state index in [-0.39, 0.29) is 29.9 Å². The van der Waals surface area contributed by atoms with Gasteiger partial charge >= 0.3 is 0 Å². The minimum atomic E-state index is -0.165. The Morgan fingerprint density at radius 2 is 1.73 bits per heavy atom. The van der Waals surface area contributed by atoms with Crippen LogP contribution in [0.2, 0.25) is 5.02 Å². The van der Waals surface area contributed by atoms with Crippen molar-refractivity contribution in [2.45, 2.75) is 23.0 Å². The lowest BCUT2D eigenvalue weighted by Gasteiger charge is -2.08. The number of aromatic nitrogens is 4. The number of para-hydroxylation sites is 2. The molecule has 2 N–H and O–H groups in total. The topological polar surface area (TPSA) is 111 Å². The van der Waals surface area contributed by atoms with Gasteiger partial charge < -0.3 is 19.9 Å². The molecule has 0 unspecified atom stereocenters. The number of hydrogen-bond acceptors (Lipinski definition) is 9. The Morgan fingerprint density at radius 3 is 2.56 bits per heavy atom. The molecule has 2 aromatic heterocycles. The van der Waals surface area contributed by atoms with E-state index in [1.807, 2.05) is 67.1 Å². The summed E-state index contributed by atoms with van der Waals surface area (Å²) >= 11 is 10.2. The van der Waals surface area contributed by atoms with Crippen molar-refractivity contribution in [2.75, 3.05) is 22.1 Å². The zero-order valence-electron chi connectivity index (χ0n) is 22.1. The Morgan fingerprint density at radius 1 is 0.976 bits per heavy atom. The van der Waals surface area contributed by atoms with Crippen molar-refractivity contribution in [2.24, 2.45) is 7.05 Å². The summed E-state index contributed by atoms with van der Waals surface area (Å²) in [6, 6.07) is 20.4. The maximum absolute atomic E-state index is 12.7. The number of carbonyl (C=O) groups is 2. The molecule has 0 saturated heterocycles. The number of amides is 2. The first-order chi connectivity index (χ1) is 19.9. The van der Waals surface area contributed by atoms with Crippen molar-refractivity contribution < 1.29 is 14.3 Å². The van der Waals surface area contributed by atoms with Crippen LogP contribution in [-0.4, -0.2) is 43.1 Å². The van der Waals surface area contributed by atoms with Gasteiger partial charge in [-0.05, 0) is 48.9 Å². The fourth-order valence-corrected chi connectivity index (χ4v) is 6.52. The number of anilines is 2. The molecule has 9 nitrogen and oxygen atoms in total. The molecule has 13 heteroatoms. The van der Waals surface area contributed by atoms with Gasteiger partial charge in [0, 0.05) is 12.7 Å². The third-order valence-electron chi connectivity index (χ3n) is 5.84. The van der Waals surface area contributed by atoms with Crippen LogP contribution in [0.15, 0.2) is 76.2 Å². The molecule has 41 heavy (non-hydrogen) atoms. The lowest BCUT2D eigenvalue weighted by molar-refractivity contribution is -0.114. The minimum absolute atomic E-state index is 0.162. The van der Waals surface area contributed by atoms with Crippen LogP contribution in [0.1, 0.15) is 11.4 Å². The Hall–Kier alpha value is -3.58. The van der Waals surface area contributed by atoms with Gasteiger partial charge in [-0.25, -0.2) is 4.98 Å². The number of benzene rings is 3. The Balaban J connectivity index is 1.11. The highest BCUT2D eigenvalue weighted by atomic mass is 35.5. The van der Waals surface area contributed by atoms with Crippen LogP contribution in [0.25, 0.3) is 10.2 Å². The molecule has 210 valence electrons. The second-order valence-electron chi connectivity index (χ2n) is 8.83. The maximum Gasteiger partial charge on any atom is 0.234 e. The molecule has 0 fully saturated rings. The smallest absolute Gasteiger partial charge is 0.234 e. The van der Waals surface area contributed by atoms with Crippen molar-refractivity contribution in [1.82, 2.24) is 19.7 Å². The fraction of sp³-hybridized carbons (Fsp3) is 0.179. The number of thioether (sulfide) groups is 2. The highest BCUT2D eigenvalue weighted by molar-refractivity contribution is 8.01. The van der Waals surface area contributed by atoms with Gasteiger partial charge in [0.15, 0.2) is 15.3 Å². The molecule has 0 saturated carbocycles. The van der Waals surface area contributed by atoms with Gasteiger partial charge in [0.25, 0.3) is 0 Å². The van der Waals surface area contributed by atoms with Gasteiger partial charge in [-0.1, -0.05) is 65.5 Å². The van der Waals surface area contributed by atoms with E-state index < -0.39 is 0 Å². The third-order valence-corrected chi connectivity index (χ3v) is 9.35. The van der Waals surface area contributed by atoms with Crippen LogP contribution in [0, 0.1) is 6.92 Å². The summed E-state index contributed by atoms with van der Waals surface area (Å²) in [4.78, 5) is 29.6. The predicted octanol–water partition coefficient (Wildman–Crippen LogP) is 6.43. The van der Waals surface area contributed by atoms with E-state index in [9.17, 15) is 9.59 Å². The van der Waals surface area contributed by atoms with Crippen LogP contribution in [-0.2, 0) is 23.2 Å². The number of ether oxygens (including phenoxy) is 1. The average Bonchev–Trinajstić information content (AvgIpc) is 3.53. The van der Waals surface area contributed by atoms with Gasteiger partial charge in [-0.15, -0.1) is 21.5 Å². The molecular weight excluding hydrogens is 600 g/mol. The summed E-state index contributed by atoms with van der Waals surface area (Å²) in [5, 5.41) is 15.3. The molecule has 0 aliphatic carbocycles. The predicted molar refractivity (Wildman–Crippen MR) is 166 cm³/mol. The van der Waals surface area contributed by atoms with Gasteiger partial charge in [-0.2, -0.15) is 0 Å². The van der Waals surface area contributed by atoms with Crippen molar-refractivity contribution in [3.05, 3.63) is 83.1 Å². The molecule has 3 aromatic carbocycles. The number of carbonyl (C=O) groups excluding carboxylic acids is 2. The molecule has 5 rings (SSSR count). The van der Waals surface area contributed by atoms with Crippen molar-refractivity contribution in [3.8, 4) is 5.75 Å². The molecule has 2 amide bonds. The third kappa shape index (κ3) is 7.59. The zero-order chi connectivity index (χ0) is 28.8. The minimum Gasteiger partial charge on any atom is -0.485 e. The van der Waals surface area contributed by atoms with E-state index >= 15 is 0 Å². The zero-order valence-corrected chi connectivity index (χ0v) is 25.3. The lowest BCUT2D eigenvalue weighted by atomic mass is 10.2. The van der Waals surface area contributed by atoms with Gasteiger partial charge in [0.2, 0.25) is 11.8 Å². The second kappa shape index (κ2) is 13.4. The summed E-state index contributed by atoms with van der Waals surface area (Å²) < 4.78 is 9.37. The summed E-state index contributed by atoms with van der Waals surface area (Å²) in [5.74, 6) is 1.52. The van der Waals surface area contributed by atoms with Crippen LogP contribution >= 0.6 is 46.5 Å². The number of halogens is 1. The largest absolute Gasteiger partial charge is 0.485 e. The molecule has 0 bridgehead atoms.